The van der Waals surface area contributed by atoms with E-state index in [9.17, 15) is 18.9 Å². The number of alkyl halides is 2. The van der Waals surface area contributed by atoms with E-state index in [4.69, 9.17) is 0 Å². The average molecular weight is 268 g/mol. The van der Waals surface area contributed by atoms with Crippen molar-refractivity contribution in [3.05, 3.63) is 51.8 Å². The molecule has 2 rings (SSSR count). The molecule has 0 aliphatic carbocycles. The highest BCUT2D eigenvalue weighted by Crippen LogP contribution is 2.30. The van der Waals surface area contributed by atoms with Gasteiger partial charge in [-0.25, -0.2) is 8.78 Å². The van der Waals surface area contributed by atoms with Crippen molar-refractivity contribution in [1.82, 2.24) is 10.2 Å². The topological polar surface area (TPSA) is 83.8 Å². The van der Waals surface area contributed by atoms with Crippen LogP contribution in [0.1, 0.15) is 17.6 Å². The van der Waals surface area contributed by atoms with Gasteiger partial charge in [0.05, 0.1) is 11.1 Å². The number of halogens is 2. The number of nitro benzene ring substituents is 1. The molecule has 0 saturated carbocycles. The molecule has 0 atom stereocenters. The van der Waals surface area contributed by atoms with Crippen LogP contribution in [0.2, 0.25) is 0 Å². The van der Waals surface area contributed by atoms with Gasteiger partial charge in [-0.3, -0.25) is 15.2 Å². The fourth-order valence-corrected chi connectivity index (χ4v) is 1.58. The second kappa shape index (κ2) is 5.42. The van der Waals surface area contributed by atoms with Gasteiger partial charge >= 0.3 is 0 Å². The molecule has 0 radical (unpaired) electrons. The first-order chi connectivity index (χ1) is 9.08. The van der Waals surface area contributed by atoms with Gasteiger partial charge in [0.15, 0.2) is 0 Å². The van der Waals surface area contributed by atoms with Gasteiger partial charge in [0.25, 0.3) is 12.1 Å². The van der Waals surface area contributed by atoms with E-state index in [0.29, 0.717) is 6.54 Å². The largest absolute Gasteiger partial charge is 0.380 e. The number of hydrogen-bond donors (Lipinski definition) is 2. The number of hydrogen-bond acceptors (Lipinski definition) is 4. The van der Waals surface area contributed by atoms with E-state index in [0.717, 1.165) is 11.6 Å². The van der Waals surface area contributed by atoms with Crippen molar-refractivity contribution in [3.63, 3.8) is 0 Å². The van der Waals surface area contributed by atoms with E-state index >= 15 is 0 Å². The Kier molecular flexibility index (Phi) is 3.69. The van der Waals surface area contributed by atoms with E-state index in [-0.39, 0.29) is 11.4 Å². The molecule has 1 aromatic heterocycles. The molecule has 0 aliphatic heterocycles. The Morgan fingerprint density at radius 3 is 2.84 bits per heavy atom. The Bertz CT molecular complexity index is 572. The Hall–Kier alpha value is -2.51. The summed E-state index contributed by atoms with van der Waals surface area (Å²) in [6.07, 6.45) is 0.396. The summed E-state index contributed by atoms with van der Waals surface area (Å²) in [5.41, 5.74) is 0.210. The number of H-pyrrole nitrogens is 1. The second-order valence-corrected chi connectivity index (χ2v) is 3.79. The normalized spacial score (nSPS) is 10.7. The standard InChI is InChI=1S/C11H10F2N4O2/c12-11(13)9-3-8(17(18)19)1-2-10(9)14-4-7-5-15-16-6-7/h1-3,5-6,11,14H,4H2,(H,15,16). The van der Waals surface area contributed by atoms with Crippen LogP contribution in [-0.2, 0) is 6.54 Å². The van der Waals surface area contributed by atoms with E-state index in [1.165, 1.54) is 12.1 Å². The molecule has 8 heteroatoms. The van der Waals surface area contributed by atoms with Gasteiger partial charge in [-0.15, -0.1) is 0 Å². The molecular formula is C11H10F2N4O2. The number of anilines is 1. The summed E-state index contributed by atoms with van der Waals surface area (Å²) in [6, 6.07) is 3.34. The maximum absolute atomic E-state index is 12.9. The SMILES string of the molecule is O=[N+]([O-])c1ccc(NCc2cn[nH]c2)c(C(F)F)c1. The van der Waals surface area contributed by atoms with Gasteiger partial charge in [-0.1, -0.05) is 0 Å². The number of non-ortho nitro benzene ring substituents is 1. The van der Waals surface area contributed by atoms with Crippen molar-refractivity contribution in [2.45, 2.75) is 13.0 Å². The van der Waals surface area contributed by atoms with Crippen LogP contribution in [0.3, 0.4) is 0 Å². The maximum Gasteiger partial charge on any atom is 0.270 e. The molecule has 19 heavy (non-hydrogen) atoms. The van der Waals surface area contributed by atoms with E-state index in [1.807, 2.05) is 0 Å². The number of aromatic amines is 1. The van der Waals surface area contributed by atoms with Gasteiger partial charge in [-0.2, -0.15) is 5.10 Å². The van der Waals surface area contributed by atoms with Crippen molar-refractivity contribution < 1.29 is 13.7 Å². The number of nitrogens with zero attached hydrogens (tertiary/aromatic N) is 2. The summed E-state index contributed by atoms with van der Waals surface area (Å²) in [5, 5.41) is 19.7. The van der Waals surface area contributed by atoms with Crippen molar-refractivity contribution in [2.75, 3.05) is 5.32 Å². The first-order valence-corrected chi connectivity index (χ1v) is 5.36. The molecule has 2 N–H and O–H groups in total. The molecule has 1 aromatic carbocycles. The van der Waals surface area contributed by atoms with Crippen molar-refractivity contribution >= 4 is 11.4 Å². The minimum absolute atomic E-state index is 0.168. The lowest BCUT2D eigenvalue weighted by molar-refractivity contribution is -0.385. The van der Waals surface area contributed by atoms with Crippen LogP contribution in [-0.4, -0.2) is 15.1 Å². The molecule has 0 spiro atoms. The monoisotopic (exact) mass is 268 g/mol. The summed E-state index contributed by atoms with van der Waals surface area (Å²) >= 11 is 0. The minimum Gasteiger partial charge on any atom is -0.380 e. The zero-order valence-electron chi connectivity index (χ0n) is 9.64. The Morgan fingerprint density at radius 2 is 2.26 bits per heavy atom. The van der Waals surface area contributed by atoms with Crippen LogP contribution >= 0.6 is 0 Å². The number of nitrogens with one attached hydrogen (secondary N) is 2. The van der Waals surface area contributed by atoms with E-state index < -0.39 is 16.9 Å². The summed E-state index contributed by atoms with van der Waals surface area (Å²) in [6.45, 7) is 0.300. The van der Waals surface area contributed by atoms with Gasteiger partial charge in [-0.05, 0) is 6.07 Å². The lowest BCUT2D eigenvalue weighted by Gasteiger charge is -2.10. The van der Waals surface area contributed by atoms with Crippen LogP contribution in [0, 0.1) is 10.1 Å². The van der Waals surface area contributed by atoms with Crippen LogP contribution in [0.15, 0.2) is 30.6 Å². The molecule has 0 fully saturated rings. The molecule has 6 nitrogen and oxygen atoms in total. The van der Waals surface area contributed by atoms with Crippen molar-refractivity contribution in [1.29, 1.82) is 0 Å². The van der Waals surface area contributed by atoms with Gasteiger partial charge in [0.1, 0.15) is 0 Å². The minimum atomic E-state index is -2.79. The van der Waals surface area contributed by atoms with Gasteiger partial charge in [0.2, 0.25) is 0 Å². The lowest BCUT2D eigenvalue weighted by Crippen LogP contribution is -2.03. The van der Waals surface area contributed by atoms with E-state index in [1.54, 1.807) is 12.4 Å². The first kappa shape index (κ1) is 12.9. The smallest absolute Gasteiger partial charge is 0.270 e. The maximum atomic E-state index is 12.9. The zero-order chi connectivity index (χ0) is 13.8. The van der Waals surface area contributed by atoms with Crippen LogP contribution in [0.4, 0.5) is 20.2 Å². The van der Waals surface area contributed by atoms with Crippen LogP contribution in [0.25, 0.3) is 0 Å². The molecular weight excluding hydrogens is 258 g/mol. The Balaban J connectivity index is 2.21. The molecule has 100 valence electrons. The highest BCUT2D eigenvalue weighted by molar-refractivity contribution is 5.56. The highest BCUT2D eigenvalue weighted by Gasteiger charge is 2.17. The third kappa shape index (κ3) is 3.03. The Morgan fingerprint density at radius 1 is 1.47 bits per heavy atom. The van der Waals surface area contributed by atoms with Crippen molar-refractivity contribution in [2.24, 2.45) is 0 Å². The average Bonchev–Trinajstić information content (AvgIpc) is 2.89. The number of benzene rings is 1. The fourth-order valence-electron chi connectivity index (χ4n) is 1.58. The molecule has 0 amide bonds. The molecule has 2 aromatic rings. The summed E-state index contributed by atoms with van der Waals surface area (Å²) < 4.78 is 25.7. The third-order valence-corrected chi connectivity index (χ3v) is 2.52. The summed E-state index contributed by atoms with van der Waals surface area (Å²) in [4.78, 5) is 9.86. The van der Waals surface area contributed by atoms with Gasteiger partial charge < -0.3 is 5.32 Å². The molecule has 0 saturated heterocycles. The predicted octanol–water partition coefficient (Wildman–Crippen LogP) is 2.87. The number of nitro groups is 1. The van der Waals surface area contributed by atoms with Crippen LogP contribution in [0.5, 0.6) is 0 Å². The number of aromatic nitrogens is 2. The third-order valence-electron chi connectivity index (χ3n) is 2.52. The van der Waals surface area contributed by atoms with E-state index in [2.05, 4.69) is 15.5 Å². The van der Waals surface area contributed by atoms with Crippen molar-refractivity contribution in [3.8, 4) is 0 Å². The lowest BCUT2D eigenvalue weighted by atomic mass is 10.1. The molecule has 0 bridgehead atoms. The summed E-state index contributed by atoms with van der Waals surface area (Å²) in [5.74, 6) is 0. The van der Waals surface area contributed by atoms with Crippen LogP contribution < -0.4 is 5.32 Å². The van der Waals surface area contributed by atoms with Gasteiger partial charge in [0, 0.05) is 41.7 Å². The second-order valence-electron chi connectivity index (χ2n) is 3.79. The Labute approximate surface area is 106 Å². The first-order valence-electron chi connectivity index (χ1n) is 5.36. The molecule has 0 unspecified atom stereocenters. The predicted molar refractivity (Wildman–Crippen MR) is 64.0 cm³/mol. The fraction of sp³-hybridized carbons (Fsp3) is 0.182. The summed E-state index contributed by atoms with van der Waals surface area (Å²) in [7, 11) is 0. The number of rotatable bonds is 5. The highest BCUT2D eigenvalue weighted by atomic mass is 19.3. The molecule has 1 heterocycles. The quantitative estimate of drug-likeness (QED) is 0.645. The molecule has 0 aliphatic rings. The zero-order valence-corrected chi connectivity index (χ0v) is 9.64.